The molecule has 0 amide bonds. The van der Waals surface area contributed by atoms with Crippen LogP contribution in [0, 0.1) is 5.41 Å². The maximum Gasteiger partial charge on any atom is 0.316 e. The first kappa shape index (κ1) is 11.6. The highest BCUT2D eigenvalue weighted by Crippen LogP contribution is 2.40. The van der Waals surface area contributed by atoms with Gasteiger partial charge < -0.3 is 10.8 Å². The summed E-state index contributed by atoms with van der Waals surface area (Å²) in [6, 6.07) is 0. The third kappa shape index (κ3) is 1.69. The standard InChI is InChI=1S/C6H11F4NO/c1-5(2-11,3-12)6(9,10)4(7)8/h4,12H,2-3,11H2,1H3. The van der Waals surface area contributed by atoms with Gasteiger partial charge in [0.1, 0.15) is 0 Å². The third-order valence-electron chi connectivity index (χ3n) is 1.88. The van der Waals surface area contributed by atoms with E-state index in [2.05, 4.69) is 0 Å². The number of halogens is 4. The number of aliphatic hydroxyl groups is 1. The summed E-state index contributed by atoms with van der Waals surface area (Å²) in [4.78, 5) is 0. The molecule has 0 radical (unpaired) electrons. The maximum atomic E-state index is 12.6. The van der Waals surface area contributed by atoms with E-state index >= 15 is 0 Å². The molecule has 0 rings (SSSR count). The van der Waals surface area contributed by atoms with Crippen LogP contribution >= 0.6 is 0 Å². The topological polar surface area (TPSA) is 46.2 Å². The third-order valence-corrected chi connectivity index (χ3v) is 1.88. The van der Waals surface area contributed by atoms with Crippen molar-refractivity contribution >= 4 is 0 Å². The molecule has 12 heavy (non-hydrogen) atoms. The largest absolute Gasteiger partial charge is 0.396 e. The smallest absolute Gasteiger partial charge is 0.316 e. The van der Waals surface area contributed by atoms with Gasteiger partial charge in [-0.25, -0.2) is 8.78 Å². The van der Waals surface area contributed by atoms with Gasteiger partial charge in [-0.2, -0.15) is 8.78 Å². The van der Waals surface area contributed by atoms with Crippen molar-refractivity contribution in [3.8, 4) is 0 Å². The zero-order valence-electron chi connectivity index (χ0n) is 6.53. The van der Waals surface area contributed by atoms with Crippen molar-refractivity contribution in [2.24, 2.45) is 11.1 Å². The lowest BCUT2D eigenvalue weighted by Crippen LogP contribution is -2.51. The molecule has 0 aliphatic heterocycles. The van der Waals surface area contributed by atoms with E-state index < -0.39 is 30.9 Å². The van der Waals surface area contributed by atoms with Crippen molar-refractivity contribution in [2.75, 3.05) is 13.2 Å². The van der Waals surface area contributed by atoms with Crippen LogP contribution in [0.1, 0.15) is 6.92 Å². The summed E-state index contributed by atoms with van der Waals surface area (Å²) in [5.41, 5.74) is 2.62. The molecule has 0 saturated carbocycles. The first-order valence-electron chi connectivity index (χ1n) is 3.28. The van der Waals surface area contributed by atoms with E-state index in [0.717, 1.165) is 6.92 Å². The maximum absolute atomic E-state index is 12.6. The van der Waals surface area contributed by atoms with E-state index in [-0.39, 0.29) is 0 Å². The molecule has 1 unspecified atom stereocenters. The van der Waals surface area contributed by atoms with E-state index in [1.54, 1.807) is 0 Å². The Kier molecular flexibility index (Phi) is 3.46. The average molecular weight is 189 g/mol. The van der Waals surface area contributed by atoms with Crippen LogP contribution in [0.25, 0.3) is 0 Å². The molecule has 1 atom stereocenters. The number of alkyl halides is 4. The monoisotopic (exact) mass is 189 g/mol. The van der Waals surface area contributed by atoms with Crippen LogP contribution in [0.15, 0.2) is 0 Å². The fourth-order valence-electron chi connectivity index (χ4n) is 0.569. The van der Waals surface area contributed by atoms with Gasteiger partial charge in [0.05, 0.1) is 12.0 Å². The highest BCUT2D eigenvalue weighted by Gasteiger charge is 2.56. The highest BCUT2D eigenvalue weighted by atomic mass is 19.3. The van der Waals surface area contributed by atoms with Gasteiger partial charge in [0.15, 0.2) is 0 Å². The van der Waals surface area contributed by atoms with Crippen molar-refractivity contribution in [1.82, 2.24) is 0 Å². The molecule has 2 nitrogen and oxygen atoms in total. The Morgan fingerprint density at radius 1 is 1.42 bits per heavy atom. The molecule has 74 valence electrons. The zero-order valence-corrected chi connectivity index (χ0v) is 6.53. The summed E-state index contributed by atoms with van der Waals surface area (Å²) < 4.78 is 48.7. The van der Waals surface area contributed by atoms with E-state index in [0.29, 0.717) is 0 Å². The zero-order chi connectivity index (χ0) is 9.99. The minimum atomic E-state index is -4.25. The van der Waals surface area contributed by atoms with E-state index in [1.807, 2.05) is 0 Å². The van der Waals surface area contributed by atoms with Crippen LogP contribution in [-0.2, 0) is 0 Å². The molecule has 0 saturated heterocycles. The van der Waals surface area contributed by atoms with E-state index in [1.165, 1.54) is 0 Å². The summed E-state index contributed by atoms with van der Waals surface area (Å²) >= 11 is 0. The van der Waals surface area contributed by atoms with Gasteiger partial charge in [-0.3, -0.25) is 0 Å². The van der Waals surface area contributed by atoms with Crippen LogP contribution in [0.2, 0.25) is 0 Å². The van der Waals surface area contributed by atoms with Gasteiger partial charge in [0.2, 0.25) is 0 Å². The first-order chi connectivity index (χ1) is 5.31. The van der Waals surface area contributed by atoms with E-state index in [4.69, 9.17) is 10.8 Å². The number of aliphatic hydroxyl groups excluding tert-OH is 1. The first-order valence-corrected chi connectivity index (χ1v) is 3.28. The van der Waals surface area contributed by atoms with Gasteiger partial charge in [0.25, 0.3) is 0 Å². The minimum Gasteiger partial charge on any atom is -0.396 e. The Bertz CT molecular complexity index is 144. The Morgan fingerprint density at radius 3 is 1.92 bits per heavy atom. The molecule has 6 heteroatoms. The fourth-order valence-corrected chi connectivity index (χ4v) is 0.569. The predicted molar refractivity (Wildman–Crippen MR) is 35.2 cm³/mol. The molecular weight excluding hydrogens is 178 g/mol. The lowest BCUT2D eigenvalue weighted by molar-refractivity contribution is -0.209. The number of nitrogens with two attached hydrogens (primary N) is 1. The number of hydrogen-bond acceptors (Lipinski definition) is 2. The summed E-state index contributed by atoms with van der Waals surface area (Å²) in [5.74, 6) is -4.25. The molecule has 0 heterocycles. The Balaban J connectivity index is 4.70. The Labute approximate surface area is 67.4 Å². The lowest BCUT2D eigenvalue weighted by Gasteiger charge is -2.33. The lowest BCUT2D eigenvalue weighted by atomic mass is 9.84. The Morgan fingerprint density at radius 2 is 1.83 bits per heavy atom. The van der Waals surface area contributed by atoms with Crippen LogP contribution in [0.3, 0.4) is 0 Å². The molecule has 0 spiro atoms. The van der Waals surface area contributed by atoms with Crippen LogP contribution in [-0.4, -0.2) is 30.6 Å². The molecule has 0 fully saturated rings. The van der Waals surface area contributed by atoms with Gasteiger partial charge in [-0.05, 0) is 0 Å². The van der Waals surface area contributed by atoms with Crippen molar-refractivity contribution in [3.63, 3.8) is 0 Å². The van der Waals surface area contributed by atoms with Gasteiger partial charge in [-0.15, -0.1) is 0 Å². The summed E-state index contributed by atoms with van der Waals surface area (Å²) in [7, 11) is 0. The molecule has 0 aromatic carbocycles. The van der Waals surface area contributed by atoms with Crippen molar-refractivity contribution in [3.05, 3.63) is 0 Å². The highest BCUT2D eigenvalue weighted by molar-refractivity contribution is 4.91. The molecule has 3 N–H and O–H groups in total. The van der Waals surface area contributed by atoms with E-state index in [9.17, 15) is 17.6 Å². The minimum absolute atomic E-state index is 0.694. The second-order valence-corrected chi connectivity index (χ2v) is 2.85. The molecule has 0 aliphatic rings. The summed E-state index contributed by atoms with van der Waals surface area (Å²) in [6.45, 7) is -0.944. The van der Waals surface area contributed by atoms with Crippen LogP contribution < -0.4 is 5.73 Å². The Hall–Kier alpha value is -0.360. The second-order valence-electron chi connectivity index (χ2n) is 2.85. The molecule has 0 aromatic rings. The average Bonchev–Trinajstić information content (AvgIpc) is 2.02. The normalized spacial score (nSPS) is 18.0. The van der Waals surface area contributed by atoms with Crippen molar-refractivity contribution in [2.45, 2.75) is 19.3 Å². The molecule has 0 bridgehead atoms. The van der Waals surface area contributed by atoms with Gasteiger partial charge in [0, 0.05) is 6.54 Å². The fraction of sp³-hybridized carbons (Fsp3) is 1.00. The van der Waals surface area contributed by atoms with Gasteiger partial charge >= 0.3 is 12.3 Å². The van der Waals surface area contributed by atoms with Crippen LogP contribution in [0.5, 0.6) is 0 Å². The van der Waals surface area contributed by atoms with Gasteiger partial charge in [-0.1, -0.05) is 6.92 Å². The predicted octanol–water partition coefficient (Wildman–Crippen LogP) is 0.844. The van der Waals surface area contributed by atoms with Crippen molar-refractivity contribution < 1.29 is 22.7 Å². The number of hydrogen-bond donors (Lipinski definition) is 2. The van der Waals surface area contributed by atoms with Crippen molar-refractivity contribution in [1.29, 1.82) is 0 Å². The summed E-state index contributed by atoms with van der Waals surface area (Å²) in [6.07, 6.45) is -3.81. The summed E-state index contributed by atoms with van der Waals surface area (Å²) in [5, 5.41) is 8.48. The second kappa shape index (κ2) is 3.57. The molecular formula is C6H11F4NO. The quantitative estimate of drug-likeness (QED) is 0.644. The number of rotatable bonds is 4. The SMILES string of the molecule is CC(CN)(CO)C(F)(F)C(F)F. The molecule has 0 aliphatic carbocycles. The van der Waals surface area contributed by atoms with Crippen LogP contribution in [0.4, 0.5) is 17.6 Å². The molecule has 0 aromatic heterocycles.